The van der Waals surface area contributed by atoms with E-state index in [1.165, 1.54) is 40.7 Å². The SMILES string of the molecule is O=C(Nc1ccc(F)cc1)c1cc(S(=O)(=O)N2CCCC2)ccc1O. The molecule has 0 bridgehead atoms. The van der Waals surface area contributed by atoms with Gasteiger partial charge in [0.05, 0.1) is 10.5 Å². The van der Waals surface area contributed by atoms with Crippen molar-refractivity contribution in [2.45, 2.75) is 17.7 Å². The van der Waals surface area contributed by atoms with E-state index in [1.54, 1.807) is 0 Å². The molecule has 2 N–H and O–H groups in total. The number of nitrogens with one attached hydrogen (secondary N) is 1. The Labute approximate surface area is 144 Å². The van der Waals surface area contributed by atoms with Gasteiger partial charge >= 0.3 is 0 Å². The molecule has 2 aromatic rings. The molecular formula is C17H17FN2O4S. The van der Waals surface area contributed by atoms with Crippen molar-refractivity contribution in [3.63, 3.8) is 0 Å². The van der Waals surface area contributed by atoms with Crippen LogP contribution in [-0.2, 0) is 10.0 Å². The molecule has 0 radical (unpaired) electrons. The molecule has 1 amide bonds. The minimum atomic E-state index is -3.70. The van der Waals surface area contributed by atoms with Crippen LogP contribution >= 0.6 is 0 Å². The lowest BCUT2D eigenvalue weighted by Gasteiger charge is -2.16. The number of phenolic OH excluding ortho intramolecular Hbond substituents is 1. The smallest absolute Gasteiger partial charge is 0.259 e. The molecule has 2 aromatic carbocycles. The Balaban J connectivity index is 1.88. The fraction of sp³-hybridized carbons (Fsp3) is 0.235. The van der Waals surface area contributed by atoms with Crippen LogP contribution in [0.4, 0.5) is 10.1 Å². The van der Waals surface area contributed by atoms with E-state index < -0.39 is 21.7 Å². The monoisotopic (exact) mass is 364 g/mol. The topological polar surface area (TPSA) is 86.7 Å². The van der Waals surface area contributed by atoms with Crippen molar-refractivity contribution in [3.05, 3.63) is 53.8 Å². The molecule has 0 atom stereocenters. The third-order valence-electron chi connectivity index (χ3n) is 4.02. The zero-order valence-electron chi connectivity index (χ0n) is 13.3. The van der Waals surface area contributed by atoms with Crippen molar-refractivity contribution < 1.29 is 22.7 Å². The Bertz CT molecular complexity index is 891. The lowest BCUT2D eigenvalue weighted by atomic mass is 10.2. The second-order valence-corrected chi connectivity index (χ2v) is 7.69. The van der Waals surface area contributed by atoms with Gasteiger partial charge in [-0.1, -0.05) is 0 Å². The Kier molecular flexibility index (Phi) is 4.73. The summed E-state index contributed by atoms with van der Waals surface area (Å²) >= 11 is 0. The largest absolute Gasteiger partial charge is 0.507 e. The molecule has 25 heavy (non-hydrogen) atoms. The molecule has 1 fully saturated rings. The van der Waals surface area contributed by atoms with Crippen molar-refractivity contribution in [1.29, 1.82) is 0 Å². The van der Waals surface area contributed by atoms with Gasteiger partial charge in [-0.15, -0.1) is 0 Å². The molecule has 0 spiro atoms. The van der Waals surface area contributed by atoms with Gasteiger partial charge < -0.3 is 10.4 Å². The number of aromatic hydroxyl groups is 1. The van der Waals surface area contributed by atoms with Gasteiger partial charge in [-0.25, -0.2) is 12.8 Å². The summed E-state index contributed by atoms with van der Waals surface area (Å²) in [5.41, 5.74) is 0.170. The lowest BCUT2D eigenvalue weighted by Crippen LogP contribution is -2.28. The van der Waals surface area contributed by atoms with Crippen LogP contribution in [0, 0.1) is 5.82 Å². The minimum absolute atomic E-state index is 0.0449. The van der Waals surface area contributed by atoms with Crippen LogP contribution < -0.4 is 5.32 Å². The highest BCUT2D eigenvalue weighted by molar-refractivity contribution is 7.89. The van der Waals surface area contributed by atoms with E-state index in [1.807, 2.05) is 0 Å². The molecule has 6 nitrogen and oxygen atoms in total. The number of benzene rings is 2. The lowest BCUT2D eigenvalue weighted by molar-refractivity contribution is 0.102. The molecule has 132 valence electrons. The third-order valence-corrected chi connectivity index (χ3v) is 5.91. The number of hydrogen-bond donors (Lipinski definition) is 2. The Morgan fingerprint density at radius 1 is 1.08 bits per heavy atom. The van der Waals surface area contributed by atoms with Crippen molar-refractivity contribution in [2.75, 3.05) is 18.4 Å². The van der Waals surface area contributed by atoms with Crippen molar-refractivity contribution >= 4 is 21.6 Å². The van der Waals surface area contributed by atoms with Crippen LogP contribution in [0.15, 0.2) is 47.4 Å². The molecule has 1 heterocycles. The quantitative estimate of drug-likeness (QED) is 0.873. The first kappa shape index (κ1) is 17.4. The minimum Gasteiger partial charge on any atom is -0.507 e. The normalized spacial score (nSPS) is 15.2. The molecule has 8 heteroatoms. The summed E-state index contributed by atoms with van der Waals surface area (Å²) in [7, 11) is -3.70. The van der Waals surface area contributed by atoms with E-state index in [4.69, 9.17) is 0 Å². The number of rotatable bonds is 4. The number of halogens is 1. The van der Waals surface area contributed by atoms with E-state index in [-0.39, 0.29) is 16.2 Å². The zero-order chi connectivity index (χ0) is 18.0. The number of anilines is 1. The number of hydrogen-bond acceptors (Lipinski definition) is 4. The maximum absolute atomic E-state index is 12.9. The average molecular weight is 364 g/mol. The van der Waals surface area contributed by atoms with E-state index in [2.05, 4.69) is 5.32 Å². The van der Waals surface area contributed by atoms with E-state index in [0.717, 1.165) is 18.9 Å². The second kappa shape index (κ2) is 6.81. The van der Waals surface area contributed by atoms with Crippen LogP contribution in [0.5, 0.6) is 5.75 Å². The Morgan fingerprint density at radius 3 is 2.36 bits per heavy atom. The summed E-state index contributed by atoms with van der Waals surface area (Å²) in [5, 5.41) is 12.4. The van der Waals surface area contributed by atoms with Crippen molar-refractivity contribution in [1.82, 2.24) is 4.31 Å². The summed E-state index contributed by atoms with van der Waals surface area (Å²) in [4.78, 5) is 12.3. The molecule has 1 aliphatic rings. The predicted octanol–water partition coefficient (Wildman–Crippen LogP) is 2.57. The Morgan fingerprint density at radius 2 is 1.72 bits per heavy atom. The van der Waals surface area contributed by atoms with Crippen LogP contribution in [0.25, 0.3) is 0 Å². The van der Waals surface area contributed by atoms with Gasteiger partial charge in [0.1, 0.15) is 11.6 Å². The summed E-state index contributed by atoms with van der Waals surface area (Å²) in [6.45, 7) is 0.890. The number of carbonyl (C=O) groups excluding carboxylic acids is 1. The maximum Gasteiger partial charge on any atom is 0.259 e. The summed E-state index contributed by atoms with van der Waals surface area (Å²) in [5.74, 6) is -1.46. The number of nitrogens with zero attached hydrogens (tertiary/aromatic N) is 1. The zero-order valence-corrected chi connectivity index (χ0v) is 14.1. The highest BCUT2D eigenvalue weighted by Crippen LogP contribution is 2.26. The van der Waals surface area contributed by atoms with Crippen molar-refractivity contribution in [2.24, 2.45) is 0 Å². The Hall–Kier alpha value is -2.45. The molecule has 1 saturated heterocycles. The third kappa shape index (κ3) is 3.64. The fourth-order valence-electron chi connectivity index (χ4n) is 2.67. The highest BCUT2D eigenvalue weighted by Gasteiger charge is 2.28. The van der Waals surface area contributed by atoms with Gasteiger partial charge in [-0.2, -0.15) is 4.31 Å². The molecule has 1 aliphatic heterocycles. The number of phenols is 1. The first-order valence-electron chi connectivity index (χ1n) is 7.78. The van der Waals surface area contributed by atoms with Crippen LogP contribution in [0.1, 0.15) is 23.2 Å². The van der Waals surface area contributed by atoms with Gasteiger partial charge in [-0.05, 0) is 55.3 Å². The van der Waals surface area contributed by atoms with Gasteiger partial charge in [0, 0.05) is 18.8 Å². The van der Waals surface area contributed by atoms with Gasteiger partial charge in [0.25, 0.3) is 5.91 Å². The number of amides is 1. The first-order chi connectivity index (χ1) is 11.9. The maximum atomic E-state index is 12.9. The number of carbonyl (C=O) groups is 1. The molecule has 0 unspecified atom stereocenters. The summed E-state index contributed by atoms with van der Waals surface area (Å²) in [6.07, 6.45) is 1.60. The molecule has 3 rings (SSSR count). The first-order valence-corrected chi connectivity index (χ1v) is 9.22. The van der Waals surface area contributed by atoms with Crippen LogP contribution in [0.2, 0.25) is 0 Å². The van der Waals surface area contributed by atoms with Gasteiger partial charge in [0.15, 0.2) is 0 Å². The molecule has 0 aliphatic carbocycles. The molecular weight excluding hydrogens is 347 g/mol. The molecule has 0 aromatic heterocycles. The van der Waals surface area contributed by atoms with E-state index in [0.29, 0.717) is 18.8 Å². The second-order valence-electron chi connectivity index (χ2n) is 5.75. The molecule has 0 saturated carbocycles. The number of sulfonamides is 1. The predicted molar refractivity (Wildman–Crippen MR) is 90.5 cm³/mol. The standard InChI is InChI=1S/C17H17FN2O4S/c18-12-3-5-13(6-4-12)19-17(22)15-11-14(7-8-16(15)21)25(23,24)20-9-1-2-10-20/h3-8,11,21H,1-2,9-10H2,(H,19,22). The van der Waals surface area contributed by atoms with Crippen LogP contribution in [0.3, 0.4) is 0 Å². The van der Waals surface area contributed by atoms with Gasteiger partial charge in [0.2, 0.25) is 10.0 Å². The highest BCUT2D eigenvalue weighted by atomic mass is 32.2. The van der Waals surface area contributed by atoms with Crippen LogP contribution in [-0.4, -0.2) is 36.8 Å². The van der Waals surface area contributed by atoms with E-state index >= 15 is 0 Å². The van der Waals surface area contributed by atoms with E-state index in [9.17, 15) is 22.7 Å². The summed E-state index contributed by atoms with van der Waals surface area (Å²) < 4.78 is 39.5. The summed E-state index contributed by atoms with van der Waals surface area (Å²) in [6, 6.07) is 8.72. The average Bonchev–Trinajstić information content (AvgIpc) is 3.12. The van der Waals surface area contributed by atoms with Crippen molar-refractivity contribution in [3.8, 4) is 5.75 Å². The fourth-order valence-corrected chi connectivity index (χ4v) is 4.21. The van der Waals surface area contributed by atoms with Gasteiger partial charge in [-0.3, -0.25) is 4.79 Å².